The maximum atomic E-state index is 10.5. The molecule has 9 heteroatoms. The fourth-order valence-corrected chi connectivity index (χ4v) is 1.64. The lowest BCUT2D eigenvalue weighted by Crippen LogP contribution is -1.98. The Balaban J connectivity index is 0.000000433. The van der Waals surface area contributed by atoms with Crippen molar-refractivity contribution >= 4 is 21.8 Å². The molecule has 0 aliphatic heterocycles. The van der Waals surface area contributed by atoms with Crippen LogP contribution < -0.4 is 0 Å². The largest absolute Gasteiger partial charge is 0.469 e. The Bertz CT molecular complexity index is 566. The smallest absolute Gasteiger partial charge is 0.305 e. The number of non-ortho nitro benzene ring substituents is 1. The van der Waals surface area contributed by atoms with Crippen molar-refractivity contribution in [2.75, 3.05) is 7.11 Å². The van der Waals surface area contributed by atoms with Gasteiger partial charge in [0.2, 0.25) is 0 Å². The van der Waals surface area contributed by atoms with Gasteiger partial charge in [0.1, 0.15) is 0 Å². The fourth-order valence-electron chi connectivity index (χ4n) is 1.16. The highest BCUT2D eigenvalue weighted by molar-refractivity contribution is 7.85. The minimum Gasteiger partial charge on any atom is -0.469 e. The van der Waals surface area contributed by atoms with Crippen molar-refractivity contribution in [2.24, 2.45) is 0 Å². The average molecular weight is 319 g/mol. The molecule has 0 heterocycles. The first-order valence-electron chi connectivity index (χ1n) is 6.01. The van der Waals surface area contributed by atoms with Crippen molar-refractivity contribution < 1.29 is 27.4 Å². The van der Waals surface area contributed by atoms with Gasteiger partial charge in [-0.15, -0.1) is 0 Å². The van der Waals surface area contributed by atoms with E-state index >= 15 is 0 Å². The maximum absolute atomic E-state index is 10.5. The molecule has 1 aromatic carbocycles. The number of nitrogens with zero attached hydrogens (tertiary/aromatic N) is 1. The van der Waals surface area contributed by atoms with Gasteiger partial charge in [0, 0.05) is 18.6 Å². The second-order valence-electron chi connectivity index (χ2n) is 3.91. The summed E-state index contributed by atoms with van der Waals surface area (Å²) in [4.78, 5) is 19.5. The van der Waals surface area contributed by atoms with Crippen LogP contribution in [0.25, 0.3) is 0 Å². The molecule has 0 aliphatic carbocycles. The molecule has 8 nitrogen and oxygen atoms in total. The lowest BCUT2D eigenvalue weighted by atomic mass is 10.3. The van der Waals surface area contributed by atoms with Crippen LogP contribution >= 0.6 is 0 Å². The Morgan fingerprint density at radius 3 is 2.19 bits per heavy atom. The zero-order chi connectivity index (χ0) is 16.5. The summed E-state index contributed by atoms with van der Waals surface area (Å²) in [5, 5.41) is 10.2. The first-order chi connectivity index (χ1) is 9.72. The van der Waals surface area contributed by atoms with Gasteiger partial charge in [-0.3, -0.25) is 19.5 Å². The van der Waals surface area contributed by atoms with E-state index in [0.29, 0.717) is 6.42 Å². The first-order valence-corrected chi connectivity index (χ1v) is 7.45. The number of hydrogen-bond donors (Lipinski definition) is 1. The van der Waals surface area contributed by atoms with Crippen LogP contribution in [0.1, 0.15) is 26.2 Å². The lowest BCUT2D eigenvalue weighted by Gasteiger charge is -1.94. The molecular formula is C12H17NO7S. The number of nitro groups is 1. The second kappa shape index (κ2) is 9.03. The average Bonchev–Trinajstić information content (AvgIpc) is 2.44. The second-order valence-corrected chi connectivity index (χ2v) is 5.33. The molecule has 1 N–H and O–H groups in total. The molecule has 0 aromatic heterocycles. The Hall–Kier alpha value is -2.00. The van der Waals surface area contributed by atoms with Crippen LogP contribution in [-0.4, -0.2) is 31.0 Å². The molecule has 0 amide bonds. The molecule has 1 rings (SSSR count). The highest BCUT2D eigenvalue weighted by Crippen LogP contribution is 2.14. The van der Waals surface area contributed by atoms with Gasteiger partial charge in [-0.1, -0.05) is 13.3 Å². The molecule has 0 radical (unpaired) electrons. The number of benzene rings is 1. The van der Waals surface area contributed by atoms with E-state index in [1.807, 2.05) is 6.92 Å². The summed E-state index contributed by atoms with van der Waals surface area (Å²) in [6.07, 6.45) is 2.55. The van der Waals surface area contributed by atoms with Gasteiger partial charge in [-0.25, -0.2) is 0 Å². The number of carbonyl (C=O) groups excluding carboxylic acids is 1. The van der Waals surface area contributed by atoms with Crippen LogP contribution in [0.5, 0.6) is 0 Å². The van der Waals surface area contributed by atoms with E-state index in [-0.39, 0.29) is 16.6 Å². The van der Waals surface area contributed by atoms with E-state index in [1.54, 1.807) is 0 Å². The monoisotopic (exact) mass is 319 g/mol. The minimum atomic E-state index is -4.27. The van der Waals surface area contributed by atoms with Crippen LogP contribution in [0.4, 0.5) is 5.69 Å². The van der Waals surface area contributed by atoms with Crippen molar-refractivity contribution in [3.8, 4) is 0 Å². The van der Waals surface area contributed by atoms with Crippen LogP contribution in [0.2, 0.25) is 0 Å². The third kappa shape index (κ3) is 8.00. The highest BCUT2D eigenvalue weighted by Gasteiger charge is 2.11. The first kappa shape index (κ1) is 19.0. The Morgan fingerprint density at radius 1 is 1.33 bits per heavy atom. The molecular weight excluding hydrogens is 302 g/mol. The predicted octanol–water partition coefficient (Wildman–Crippen LogP) is 2.19. The summed E-state index contributed by atoms with van der Waals surface area (Å²) in [5.41, 5.74) is -0.229. The predicted molar refractivity (Wildman–Crippen MR) is 74.5 cm³/mol. The van der Waals surface area contributed by atoms with E-state index in [9.17, 15) is 23.3 Å². The molecule has 118 valence electrons. The highest BCUT2D eigenvalue weighted by atomic mass is 32.2. The van der Waals surface area contributed by atoms with E-state index in [4.69, 9.17) is 4.55 Å². The van der Waals surface area contributed by atoms with Crippen LogP contribution in [0.3, 0.4) is 0 Å². The number of ether oxygens (including phenoxy) is 1. The summed E-state index contributed by atoms with van der Waals surface area (Å²) in [6, 6.07) is 3.94. The standard InChI is InChI=1S/C6H5NO5S.C6H12O2/c8-7(9)5-1-3-6(4-2-5)13(10,11)12;1-3-4-5-6(7)8-2/h1-4H,(H,10,11,12);3-5H2,1-2H3. The molecule has 0 spiro atoms. The normalized spacial score (nSPS) is 10.2. The van der Waals surface area contributed by atoms with E-state index in [1.165, 1.54) is 7.11 Å². The van der Waals surface area contributed by atoms with Crippen molar-refractivity contribution in [1.82, 2.24) is 0 Å². The molecule has 0 saturated heterocycles. The maximum Gasteiger partial charge on any atom is 0.305 e. The Kier molecular flexibility index (Phi) is 8.17. The van der Waals surface area contributed by atoms with Crippen molar-refractivity contribution in [3.63, 3.8) is 0 Å². The van der Waals surface area contributed by atoms with Gasteiger partial charge in [0.25, 0.3) is 15.8 Å². The van der Waals surface area contributed by atoms with Crippen molar-refractivity contribution in [1.29, 1.82) is 0 Å². The molecule has 0 aliphatic rings. The van der Waals surface area contributed by atoms with Gasteiger partial charge in [0.15, 0.2) is 0 Å². The number of unbranched alkanes of at least 4 members (excludes halogenated alkanes) is 1. The summed E-state index contributed by atoms with van der Waals surface area (Å²) >= 11 is 0. The van der Waals surface area contributed by atoms with E-state index < -0.39 is 15.0 Å². The SMILES string of the molecule is CCCCC(=O)OC.O=[N+]([O-])c1ccc(S(=O)(=O)O)cc1. The summed E-state index contributed by atoms with van der Waals surface area (Å²) in [5.74, 6) is -0.105. The zero-order valence-electron chi connectivity index (χ0n) is 11.7. The third-order valence-corrected chi connectivity index (χ3v) is 3.18. The molecule has 0 atom stereocenters. The number of methoxy groups -OCH3 is 1. The van der Waals surface area contributed by atoms with Gasteiger partial charge in [0.05, 0.1) is 16.9 Å². The number of rotatable bonds is 5. The quantitative estimate of drug-likeness (QED) is 0.382. The zero-order valence-corrected chi connectivity index (χ0v) is 12.5. The number of esters is 1. The number of hydrogen-bond acceptors (Lipinski definition) is 6. The molecule has 0 saturated carbocycles. The fraction of sp³-hybridized carbons (Fsp3) is 0.417. The lowest BCUT2D eigenvalue weighted by molar-refractivity contribution is -0.384. The van der Waals surface area contributed by atoms with Crippen LogP contribution in [0.15, 0.2) is 29.2 Å². The van der Waals surface area contributed by atoms with Crippen molar-refractivity contribution in [2.45, 2.75) is 31.1 Å². The molecule has 1 aromatic rings. The molecule has 21 heavy (non-hydrogen) atoms. The van der Waals surface area contributed by atoms with Crippen molar-refractivity contribution in [3.05, 3.63) is 34.4 Å². The van der Waals surface area contributed by atoms with E-state index in [2.05, 4.69) is 4.74 Å². The minimum absolute atomic E-state index is 0.105. The summed E-state index contributed by atoms with van der Waals surface area (Å²) in [7, 11) is -2.85. The van der Waals surface area contributed by atoms with Gasteiger partial charge < -0.3 is 4.74 Å². The van der Waals surface area contributed by atoms with Crippen LogP contribution in [0, 0.1) is 10.1 Å². The Labute approximate surface area is 122 Å². The van der Waals surface area contributed by atoms with E-state index in [0.717, 1.165) is 37.1 Å². The van der Waals surface area contributed by atoms with Gasteiger partial charge in [-0.2, -0.15) is 8.42 Å². The molecule has 0 fully saturated rings. The summed E-state index contributed by atoms with van der Waals surface area (Å²) < 4.78 is 33.9. The van der Waals surface area contributed by atoms with Gasteiger partial charge in [-0.05, 0) is 18.6 Å². The van der Waals surface area contributed by atoms with Gasteiger partial charge >= 0.3 is 5.97 Å². The summed E-state index contributed by atoms with van der Waals surface area (Å²) in [6.45, 7) is 2.04. The topological polar surface area (TPSA) is 124 Å². The molecule has 0 bridgehead atoms. The van der Waals surface area contributed by atoms with Crippen LogP contribution in [-0.2, 0) is 19.6 Å². The number of nitro benzene ring substituents is 1. The third-order valence-electron chi connectivity index (χ3n) is 2.31. The molecule has 0 unspecified atom stereocenters. The number of carbonyl (C=O) groups is 1. The Morgan fingerprint density at radius 2 is 1.86 bits per heavy atom.